The van der Waals surface area contributed by atoms with Crippen LogP contribution in [0.1, 0.15) is 15.9 Å². The van der Waals surface area contributed by atoms with Gasteiger partial charge in [0.15, 0.2) is 0 Å². The number of benzene rings is 1. The second-order valence-corrected chi connectivity index (χ2v) is 3.49. The zero-order valence-corrected chi connectivity index (χ0v) is 11.0. The van der Waals surface area contributed by atoms with Crippen LogP contribution in [0.3, 0.4) is 0 Å². The Labute approximate surface area is 108 Å². The van der Waals surface area contributed by atoms with Crippen molar-refractivity contribution in [2.24, 2.45) is 0 Å². The number of carbonyl (C=O) groups excluding carboxylic acids is 1. The van der Waals surface area contributed by atoms with Crippen LogP contribution in [0.15, 0.2) is 24.3 Å². The van der Waals surface area contributed by atoms with Crippen LogP contribution in [0.4, 0.5) is 0 Å². The third-order valence-electron chi connectivity index (χ3n) is 2.16. The summed E-state index contributed by atoms with van der Waals surface area (Å²) in [5, 5.41) is 5.80. The summed E-state index contributed by atoms with van der Waals surface area (Å²) in [5.41, 5.74) is 1.68. The molecule has 0 fully saturated rings. The number of methoxy groups -OCH3 is 1. The van der Waals surface area contributed by atoms with Crippen molar-refractivity contribution in [2.75, 3.05) is 27.2 Å². The maximum atomic E-state index is 11.7. The Balaban J connectivity index is 0.00000256. The summed E-state index contributed by atoms with van der Waals surface area (Å²) in [6.45, 7) is 1.92. The fraction of sp³-hybridized carbons (Fsp3) is 0.417. The molecule has 0 atom stereocenters. The summed E-state index contributed by atoms with van der Waals surface area (Å²) in [6, 6.07) is 7.45. The molecule has 0 aliphatic rings. The van der Waals surface area contributed by atoms with Gasteiger partial charge in [0.2, 0.25) is 0 Å². The van der Waals surface area contributed by atoms with E-state index in [0.29, 0.717) is 18.7 Å². The Morgan fingerprint density at radius 3 is 2.76 bits per heavy atom. The molecule has 96 valence electrons. The first-order valence-corrected chi connectivity index (χ1v) is 5.28. The molecule has 17 heavy (non-hydrogen) atoms. The Kier molecular flexibility index (Phi) is 8.40. The van der Waals surface area contributed by atoms with Gasteiger partial charge in [-0.05, 0) is 24.7 Å². The van der Waals surface area contributed by atoms with Crippen LogP contribution in [-0.2, 0) is 11.3 Å². The molecule has 0 aliphatic heterocycles. The highest BCUT2D eigenvalue weighted by Crippen LogP contribution is 2.06. The topological polar surface area (TPSA) is 50.4 Å². The molecule has 4 nitrogen and oxygen atoms in total. The molecule has 0 aliphatic carbocycles. The van der Waals surface area contributed by atoms with Crippen molar-refractivity contribution in [3.05, 3.63) is 35.4 Å². The second kappa shape index (κ2) is 8.98. The minimum atomic E-state index is -0.0480. The fourth-order valence-corrected chi connectivity index (χ4v) is 1.37. The molecule has 0 aromatic heterocycles. The quantitative estimate of drug-likeness (QED) is 0.754. The molecule has 1 aromatic carbocycles. The number of amides is 1. The molecular weight excluding hydrogens is 240 g/mol. The average Bonchev–Trinajstić information content (AvgIpc) is 2.30. The van der Waals surface area contributed by atoms with E-state index in [9.17, 15) is 4.79 Å². The van der Waals surface area contributed by atoms with Gasteiger partial charge in [-0.15, -0.1) is 12.4 Å². The van der Waals surface area contributed by atoms with Gasteiger partial charge in [0, 0.05) is 25.8 Å². The Morgan fingerprint density at radius 2 is 2.12 bits per heavy atom. The maximum absolute atomic E-state index is 11.7. The molecule has 0 spiro atoms. The first-order chi connectivity index (χ1) is 7.77. The van der Waals surface area contributed by atoms with Crippen molar-refractivity contribution < 1.29 is 9.53 Å². The molecule has 0 saturated carbocycles. The second-order valence-electron chi connectivity index (χ2n) is 3.49. The Bertz CT molecular complexity index is 345. The smallest absolute Gasteiger partial charge is 0.251 e. The molecule has 0 saturated heterocycles. The first-order valence-electron chi connectivity index (χ1n) is 5.28. The van der Waals surface area contributed by atoms with Gasteiger partial charge in [-0.2, -0.15) is 0 Å². The summed E-state index contributed by atoms with van der Waals surface area (Å²) in [5.74, 6) is -0.0480. The van der Waals surface area contributed by atoms with Crippen LogP contribution in [-0.4, -0.2) is 33.2 Å². The summed E-state index contributed by atoms with van der Waals surface area (Å²) < 4.78 is 5.02. The van der Waals surface area contributed by atoms with E-state index < -0.39 is 0 Å². The van der Waals surface area contributed by atoms with Crippen molar-refractivity contribution in [1.82, 2.24) is 10.6 Å². The van der Waals surface area contributed by atoms with E-state index in [4.69, 9.17) is 4.74 Å². The molecule has 0 heterocycles. The number of hydrogen-bond donors (Lipinski definition) is 2. The Morgan fingerprint density at radius 1 is 1.35 bits per heavy atom. The molecule has 0 unspecified atom stereocenters. The van der Waals surface area contributed by atoms with Crippen LogP contribution in [0.25, 0.3) is 0 Å². The van der Waals surface area contributed by atoms with Gasteiger partial charge in [-0.3, -0.25) is 4.79 Å². The maximum Gasteiger partial charge on any atom is 0.251 e. The molecule has 1 aromatic rings. The SMILES string of the molecule is CNCCNC(=O)c1cccc(COC)c1.Cl. The van der Waals surface area contributed by atoms with Gasteiger partial charge in [0.1, 0.15) is 0 Å². The molecule has 1 amide bonds. The normalized spacial score (nSPS) is 9.53. The van der Waals surface area contributed by atoms with Crippen LogP contribution >= 0.6 is 12.4 Å². The van der Waals surface area contributed by atoms with Gasteiger partial charge in [-0.1, -0.05) is 12.1 Å². The van der Waals surface area contributed by atoms with Crippen molar-refractivity contribution in [3.8, 4) is 0 Å². The Hall–Kier alpha value is -1.10. The number of rotatable bonds is 6. The first kappa shape index (κ1) is 15.9. The average molecular weight is 259 g/mol. The van der Waals surface area contributed by atoms with Crippen LogP contribution in [0.2, 0.25) is 0 Å². The fourth-order valence-electron chi connectivity index (χ4n) is 1.37. The number of ether oxygens (including phenoxy) is 1. The lowest BCUT2D eigenvalue weighted by Crippen LogP contribution is -2.30. The molecule has 5 heteroatoms. The van der Waals surface area contributed by atoms with E-state index in [2.05, 4.69) is 10.6 Å². The minimum Gasteiger partial charge on any atom is -0.380 e. The van der Waals surface area contributed by atoms with Crippen molar-refractivity contribution in [3.63, 3.8) is 0 Å². The lowest BCUT2D eigenvalue weighted by atomic mass is 10.1. The monoisotopic (exact) mass is 258 g/mol. The van der Waals surface area contributed by atoms with Gasteiger partial charge in [-0.25, -0.2) is 0 Å². The predicted molar refractivity (Wildman–Crippen MR) is 70.7 cm³/mol. The molecule has 1 rings (SSSR count). The van der Waals surface area contributed by atoms with Crippen molar-refractivity contribution in [2.45, 2.75) is 6.61 Å². The van der Waals surface area contributed by atoms with E-state index >= 15 is 0 Å². The van der Waals surface area contributed by atoms with E-state index in [1.807, 2.05) is 25.2 Å². The van der Waals surface area contributed by atoms with Crippen molar-refractivity contribution >= 4 is 18.3 Å². The number of nitrogens with one attached hydrogen (secondary N) is 2. The number of carbonyl (C=O) groups is 1. The van der Waals surface area contributed by atoms with Gasteiger partial charge >= 0.3 is 0 Å². The number of likely N-dealkylation sites (N-methyl/N-ethyl adjacent to an activating group) is 1. The standard InChI is InChI=1S/C12H18N2O2.ClH/c1-13-6-7-14-12(15)11-5-3-4-10(8-11)9-16-2;/h3-5,8,13H,6-7,9H2,1-2H3,(H,14,15);1H. The highest BCUT2D eigenvalue weighted by atomic mass is 35.5. The minimum absolute atomic E-state index is 0. The summed E-state index contributed by atoms with van der Waals surface area (Å²) in [4.78, 5) is 11.7. The molecular formula is C12H19ClN2O2. The van der Waals surface area contributed by atoms with Gasteiger partial charge in [0.05, 0.1) is 6.61 Å². The summed E-state index contributed by atoms with van der Waals surface area (Å²) >= 11 is 0. The van der Waals surface area contributed by atoms with Crippen LogP contribution in [0.5, 0.6) is 0 Å². The van der Waals surface area contributed by atoms with E-state index in [-0.39, 0.29) is 18.3 Å². The largest absolute Gasteiger partial charge is 0.380 e. The van der Waals surface area contributed by atoms with E-state index in [0.717, 1.165) is 12.1 Å². The summed E-state index contributed by atoms with van der Waals surface area (Å²) in [6.07, 6.45) is 0. The highest BCUT2D eigenvalue weighted by Gasteiger charge is 2.04. The zero-order chi connectivity index (χ0) is 11.8. The van der Waals surface area contributed by atoms with Gasteiger partial charge < -0.3 is 15.4 Å². The lowest BCUT2D eigenvalue weighted by molar-refractivity contribution is 0.0954. The van der Waals surface area contributed by atoms with Crippen molar-refractivity contribution in [1.29, 1.82) is 0 Å². The highest BCUT2D eigenvalue weighted by molar-refractivity contribution is 5.94. The van der Waals surface area contributed by atoms with Gasteiger partial charge in [0.25, 0.3) is 5.91 Å². The molecule has 0 bridgehead atoms. The number of halogens is 1. The third kappa shape index (κ3) is 5.68. The number of hydrogen-bond acceptors (Lipinski definition) is 3. The molecule has 2 N–H and O–H groups in total. The van der Waals surface area contributed by atoms with Crippen LogP contribution in [0, 0.1) is 0 Å². The van der Waals surface area contributed by atoms with E-state index in [1.165, 1.54) is 0 Å². The molecule has 0 radical (unpaired) electrons. The zero-order valence-electron chi connectivity index (χ0n) is 10.2. The third-order valence-corrected chi connectivity index (χ3v) is 2.16. The van der Waals surface area contributed by atoms with E-state index in [1.54, 1.807) is 13.2 Å². The predicted octanol–water partition coefficient (Wildman–Crippen LogP) is 1.20. The summed E-state index contributed by atoms with van der Waals surface area (Å²) in [7, 11) is 3.49. The lowest BCUT2D eigenvalue weighted by Gasteiger charge is -2.06. The van der Waals surface area contributed by atoms with Crippen LogP contribution < -0.4 is 10.6 Å².